The first-order chi connectivity index (χ1) is 9.65. The summed E-state index contributed by atoms with van der Waals surface area (Å²) < 4.78 is 28.5. The Morgan fingerprint density at radius 2 is 2.15 bits per heavy atom. The van der Waals surface area contributed by atoms with Gasteiger partial charge in [-0.25, -0.2) is 4.39 Å². The molecule has 0 aliphatic heterocycles. The second-order valence-corrected chi connectivity index (χ2v) is 4.54. The summed E-state index contributed by atoms with van der Waals surface area (Å²) in [6.45, 7) is 0.379. The highest BCUT2D eigenvalue weighted by atomic mass is 35.5. The Bertz CT molecular complexity index is 530. The average Bonchev–Trinajstić information content (AvgIpc) is 2.91. The molecule has 0 saturated heterocycles. The smallest absolute Gasteiger partial charge is 0.138 e. The number of halogens is 2. The van der Waals surface area contributed by atoms with Crippen LogP contribution in [0.15, 0.2) is 41.0 Å². The highest BCUT2D eigenvalue weighted by Crippen LogP contribution is 2.24. The maximum atomic E-state index is 12.8. The van der Waals surface area contributed by atoms with E-state index in [-0.39, 0.29) is 24.8 Å². The van der Waals surface area contributed by atoms with Crippen molar-refractivity contribution in [3.63, 3.8) is 0 Å². The van der Waals surface area contributed by atoms with Crippen LogP contribution in [0.1, 0.15) is 5.76 Å². The Labute approximate surface area is 120 Å². The van der Waals surface area contributed by atoms with Crippen LogP contribution in [-0.2, 0) is 11.3 Å². The number of benzene rings is 1. The van der Waals surface area contributed by atoms with Crippen molar-refractivity contribution in [1.29, 1.82) is 0 Å². The Kier molecular flexibility index (Phi) is 5.40. The number of ether oxygens (including phenoxy) is 2. The zero-order valence-electron chi connectivity index (χ0n) is 10.6. The van der Waals surface area contributed by atoms with Crippen molar-refractivity contribution in [2.24, 2.45) is 0 Å². The predicted octanol–water partition coefficient (Wildman–Crippen LogP) is 3.03. The molecule has 1 unspecified atom stereocenters. The molecule has 0 aliphatic rings. The summed E-state index contributed by atoms with van der Waals surface area (Å²) in [6.07, 6.45) is 0.737. The minimum Gasteiger partial charge on any atom is -0.489 e. The molecular weight excluding hydrogens is 287 g/mol. The fourth-order valence-corrected chi connectivity index (χ4v) is 1.74. The maximum Gasteiger partial charge on any atom is 0.138 e. The van der Waals surface area contributed by atoms with Crippen molar-refractivity contribution in [1.82, 2.24) is 0 Å². The Hall–Kier alpha value is -1.56. The molecule has 0 amide bonds. The van der Waals surface area contributed by atoms with Gasteiger partial charge in [0, 0.05) is 0 Å². The Balaban J connectivity index is 1.70. The van der Waals surface area contributed by atoms with Gasteiger partial charge in [-0.1, -0.05) is 11.6 Å². The molecule has 0 saturated carbocycles. The normalized spacial score (nSPS) is 12.3. The van der Waals surface area contributed by atoms with Crippen LogP contribution in [0.3, 0.4) is 0 Å². The number of hydrogen-bond donors (Lipinski definition) is 1. The van der Waals surface area contributed by atoms with Crippen LogP contribution in [-0.4, -0.2) is 24.4 Å². The summed E-state index contributed by atoms with van der Waals surface area (Å²) in [5, 5.41) is 9.85. The Morgan fingerprint density at radius 3 is 2.85 bits per heavy atom. The lowest BCUT2D eigenvalue weighted by Gasteiger charge is -2.13. The average molecular weight is 301 g/mol. The topological polar surface area (TPSA) is 51.8 Å². The first-order valence-corrected chi connectivity index (χ1v) is 6.39. The van der Waals surface area contributed by atoms with Crippen LogP contribution in [0.5, 0.6) is 5.75 Å². The van der Waals surface area contributed by atoms with E-state index in [4.69, 9.17) is 25.5 Å². The molecule has 0 aliphatic carbocycles. The third kappa shape index (κ3) is 4.52. The van der Waals surface area contributed by atoms with E-state index in [0.717, 1.165) is 6.07 Å². The maximum absolute atomic E-state index is 12.8. The highest BCUT2D eigenvalue weighted by molar-refractivity contribution is 6.32. The van der Waals surface area contributed by atoms with Gasteiger partial charge in [-0.05, 0) is 30.3 Å². The Morgan fingerprint density at radius 1 is 1.30 bits per heavy atom. The fourth-order valence-electron chi connectivity index (χ4n) is 1.52. The van der Waals surface area contributed by atoms with E-state index in [0.29, 0.717) is 11.5 Å². The number of hydrogen-bond acceptors (Lipinski definition) is 4. The van der Waals surface area contributed by atoms with E-state index in [9.17, 15) is 9.50 Å². The molecule has 1 atom stereocenters. The monoisotopic (exact) mass is 300 g/mol. The van der Waals surface area contributed by atoms with E-state index in [1.165, 1.54) is 12.1 Å². The van der Waals surface area contributed by atoms with E-state index in [1.807, 2.05) is 0 Å². The SMILES string of the molecule is OC(COCc1ccco1)COc1ccc(F)cc1Cl. The third-order valence-electron chi connectivity index (χ3n) is 2.46. The molecule has 0 fully saturated rings. The van der Waals surface area contributed by atoms with Gasteiger partial charge >= 0.3 is 0 Å². The third-order valence-corrected chi connectivity index (χ3v) is 2.76. The van der Waals surface area contributed by atoms with Crippen molar-refractivity contribution >= 4 is 11.6 Å². The molecule has 1 aromatic heterocycles. The molecule has 1 N–H and O–H groups in total. The first-order valence-electron chi connectivity index (χ1n) is 6.01. The van der Waals surface area contributed by atoms with Crippen LogP contribution >= 0.6 is 11.6 Å². The summed E-state index contributed by atoms with van der Waals surface area (Å²) in [7, 11) is 0. The summed E-state index contributed by atoms with van der Waals surface area (Å²) in [5.74, 6) is 0.558. The molecule has 2 aromatic rings. The number of aliphatic hydroxyl groups excluding tert-OH is 1. The van der Waals surface area contributed by atoms with E-state index in [1.54, 1.807) is 18.4 Å². The lowest BCUT2D eigenvalue weighted by Crippen LogP contribution is -2.23. The van der Waals surface area contributed by atoms with Crippen LogP contribution in [0.25, 0.3) is 0 Å². The molecule has 1 heterocycles. The van der Waals surface area contributed by atoms with E-state index < -0.39 is 11.9 Å². The number of aliphatic hydroxyl groups is 1. The first kappa shape index (κ1) is 14.8. The minimum atomic E-state index is -0.814. The molecule has 20 heavy (non-hydrogen) atoms. The summed E-state index contributed by atoms with van der Waals surface area (Å²) in [4.78, 5) is 0. The molecule has 6 heteroatoms. The van der Waals surface area contributed by atoms with E-state index >= 15 is 0 Å². The van der Waals surface area contributed by atoms with Crippen LogP contribution in [0.4, 0.5) is 4.39 Å². The van der Waals surface area contributed by atoms with Crippen molar-refractivity contribution in [3.8, 4) is 5.75 Å². The van der Waals surface area contributed by atoms with Crippen molar-refractivity contribution in [3.05, 3.63) is 53.2 Å². The molecule has 108 valence electrons. The van der Waals surface area contributed by atoms with Gasteiger partial charge in [0.15, 0.2) is 0 Å². The van der Waals surface area contributed by atoms with Gasteiger partial charge in [0.1, 0.15) is 36.6 Å². The summed E-state index contributed by atoms with van der Waals surface area (Å²) in [6, 6.07) is 7.34. The van der Waals surface area contributed by atoms with Gasteiger partial charge in [-0.15, -0.1) is 0 Å². The molecule has 4 nitrogen and oxygen atoms in total. The molecule has 1 aromatic carbocycles. The molecule has 0 radical (unpaired) electrons. The van der Waals surface area contributed by atoms with Crippen molar-refractivity contribution < 1.29 is 23.4 Å². The molecule has 2 rings (SSSR count). The van der Waals surface area contributed by atoms with Crippen LogP contribution < -0.4 is 4.74 Å². The number of rotatable bonds is 7. The quantitative estimate of drug-likeness (QED) is 0.854. The lowest BCUT2D eigenvalue weighted by molar-refractivity contribution is 0.000888. The standard InChI is InChI=1S/C14H14ClFO4/c15-13-6-10(16)3-4-14(13)20-8-11(17)7-18-9-12-2-1-5-19-12/h1-6,11,17H,7-9H2. The van der Waals surface area contributed by atoms with Crippen molar-refractivity contribution in [2.75, 3.05) is 13.2 Å². The van der Waals surface area contributed by atoms with Crippen LogP contribution in [0.2, 0.25) is 5.02 Å². The van der Waals surface area contributed by atoms with Gasteiger partial charge in [-0.3, -0.25) is 0 Å². The summed E-state index contributed by atoms with van der Waals surface area (Å²) >= 11 is 5.79. The van der Waals surface area contributed by atoms with Gasteiger partial charge < -0.3 is 19.0 Å². The molecule has 0 spiro atoms. The van der Waals surface area contributed by atoms with Gasteiger partial charge in [0.2, 0.25) is 0 Å². The molecule has 0 bridgehead atoms. The van der Waals surface area contributed by atoms with Crippen molar-refractivity contribution in [2.45, 2.75) is 12.7 Å². The zero-order chi connectivity index (χ0) is 14.4. The second kappa shape index (κ2) is 7.28. The zero-order valence-corrected chi connectivity index (χ0v) is 11.3. The largest absolute Gasteiger partial charge is 0.489 e. The second-order valence-electron chi connectivity index (χ2n) is 4.13. The highest BCUT2D eigenvalue weighted by Gasteiger charge is 2.09. The van der Waals surface area contributed by atoms with Gasteiger partial charge in [-0.2, -0.15) is 0 Å². The fraction of sp³-hybridized carbons (Fsp3) is 0.286. The minimum absolute atomic E-state index is 0.00348. The predicted molar refractivity (Wildman–Crippen MR) is 71.3 cm³/mol. The number of furan rings is 1. The lowest BCUT2D eigenvalue weighted by atomic mass is 10.3. The van der Waals surface area contributed by atoms with Gasteiger partial charge in [0.05, 0.1) is 17.9 Å². The summed E-state index contributed by atoms with van der Waals surface area (Å²) in [5.41, 5.74) is 0. The van der Waals surface area contributed by atoms with Crippen LogP contribution in [0, 0.1) is 5.82 Å². The van der Waals surface area contributed by atoms with E-state index in [2.05, 4.69) is 0 Å². The molecular formula is C14H14ClFO4. The van der Waals surface area contributed by atoms with Gasteiger partial charge in [0.25, 0.3) is 0 Å².